The van der Waals surface area contributed by atoms with Gasteiger partial charge in [0.05, 0.1) is 12.3 Å². The van der Waals surface area contributed by atoms with Crippen LogP contribution in [0.3, 0.4) is 0 Å². The molecule has 0 saturated carbocycles. The van der Waals surface area contributed by atoms with Gasteiger partial charge in [-0.2, -0.15) is 5.10 Å². The summed E-state index contributed by atoms with van der Waals surface area (Å²) >= 11 is 5.40. The fourth-order valence-corrected chi connectivity index (χ4v) is 3.33. The van der Waals surface area contributed by atoms with Gasteiger partial charge in [0.25, 0.3) is 0 Å². The van der Waals surface area contributed by atoms with Crippen molar-refractivity contribution in [1.29, 1.82) is 0 Å². The van der Waals surface area contributed by atoms with Crippen molar-refractivity contribution in [2.45, 2.75) is 39.7 Å². The van der Waals surface area contributed by atoms with Crippen LogP contribution < -0.4 is 20.2 Å². The zero-order valence-electron chi connectivity index (χ0n) is 18.2. The zero-order chi connectivity index (χ0) is 22.4. The summed E-state index contributed by atoms with van der Waals surface area (Å²) in [6.45, 7) is 7.92. The third kappa shape index (κ3) is 6.18. The van der Waals surface area contributed by atoms with Crippen molar-refractivity contribution in [3.8, 4) is 11.5 Å². The fraction of sp³-hybridized carbons (Fsp3) is 0.348. The lowest BCUT2D eigenvalue weighted by Gasteiger charge is -2.33. The van der Waals surface area contributed by atoms with Crippen LogP contribution in [0, 0.1) is 6.92 Å². The molecule has 0 fully saturated rings. The van der Waals surface area contributed by atoms with Gasteiger partial charge in [0.2, 0.25) is 0 Å². The van der Waals surface area contributed by atoms with Crippen LogP contribution in [-0.4, -0.2) is 35.6 Å². The predicted molar refractivity (Wildman–Crippen MR) is 125 cm³/mol. The topological polar surface area (TPSA) is 81.2 Å². The maximum absolute atomic E-state index is 11.6. The van der Waals surface area contributed by atoms with Gasteiger partial charge in [-0.3, -0.25) is 5.43 Å². The van der Waals surface area contributed by atoms with E-state index in [0.29, 0.717) is 29.6 Å². The monoisotopic (exact) mass is 441 g/mol. The van der Waals surface area contributed by atoms with E-state index in [1.54, 1.807) is 13.0 Å². The van der Waals surface area contributed by atoms with E-state index in [2.05, 4.69) is 15.8 Å². The first-order chi connectivity index (χ1) is 14.8. The predicted octanol–water partition coefficient (Wildman–Crippen LogP) is 4.19. The molecule has 1 aliphatic rings. The van der Waals surface area contributed by atoms with Crippen molar-refractivity contribution in [2.75, 3.05) is 18.5 Å². The van der Waals surface area contributed by atoms with E-state index in [1.807, 2.05) is 57.2 Å². The Balaban J connectivity index is 1.77. The number of nitrogens with zero attached hydrogens (tertiary/aromatic N) is 1. The molecule has 8 heteroatoms. The van der Waals surface area contributed by atoms with Gasteiger partial charge in [0, 0.05) is 17.7 Å². The van der Waals surface area contributed by atoms with Gasteiger partial charge in [-0.05, 0) is 69.7 Å². The van der Waals surface area contributed by atoms with Gasteiger partial charge in [-0.25, -0.2) is 4.79 Å². The second-order valence-corrected chi connectivity index (χ2v) is 8.14. The van der Waals surface area contributed by atoms with Crippen LogP contribution in [0.2, 0.25) is 0 Å². The van der Waals surface area contributed by atoms with Gasteiger partial charge in [-0.1, -0.05) is 18.2 Å². The number of aryl methyl sites for hydroxylation is 1. The average Bonchev–Trinajstić information content (AvgIpc) is 2.72. The molecule has 1 aliphatic heterocycles. The minimum Gasteiger partial charge on any atom is -0.487 e. The number of esters is 1. The van der Waals surface area contributed by atoms with Crippen molar-refractivity contribution in [2.24, 2.45) is 5.10 Å². The summed E-state index contributed by atoms with van der Waals surface area (Å²) in [7, 11) is 0. The molecule has 2 aromatic carbocycles. The molecule has 0 unspecified atom stereocenters. The van der Waals surface area contributed by atoms with Crippen molar-refractivity contribution in [3.05, 3.63) is 53.6 Å². The van der Waals surface area contributed by atoms with Crippen LogP contribution in [0.1, 0.15) is 38.3 Å². The molecule has 3 rings (SSSR count). The number of ether oxygens (including phenoxy) is 3. The van der Waals surface area contributed by atoms with Crippen molar-refractivity contribution >= 4 is 34.7 Å². The van der Waals surface area contributed by atoms with E-state index < -0.39 is 11.6 Å². The first-order valence-electron chi connectivity index (χ1n) is 10.1. The molecule has 31 heavy (non-hydrogen) atoms. The maximum Gasteiger partial charge on any atom is 0.344 e. The molecule has 0 atom stereocenters. The number of carbonyl (C=O) groups is 1. The SMILES string of the molecule is CCOC(=O)COc1ccc2c(c1)/C(=N/NC(=S)Nc1ccccc1C)CC(C)(C)O2. The zero-order valence-corrected chi connectivity index (χ0v) is 19.0. The molecule has 7 nitrogen and oxygen atoms in total. The van der Waals surface area contributed by atoms with Gasteiger partial charge >= 0.3 is 5.97 Å². The summed E-state index contributed by atoms with van der Waals surface area (Å²) in [4.78, 5) is 11.6. The number of hydrogen-bond acceptors (Lipinski definition) is 6. The van der Waals surface area contributed by atoms with Crippen LogP contribution in [0.15, 0.2) is 47.6 Å². The molecule has 2 aromatic rings. The van der Waals surface area contributed by atoms with Gasteiger partial charge < -0.3 is 19.5 Å². The molecular weight excluding hydrogens is 414 g/mol. The summed E-state index contributed by atoms with van der Waals surface area (Å²) in [5.74, 6) is 0.808. The Morgan fingerprint density at radius 3 is 2.77 bits per heavy atom. The van der Waals surface area contributed by atoms with E-state index in [4.69, 9.17) is 26.4 Å². The van der Waals surface area contributed by atoms with Crippen LogP contribution >= 0.6 is 12.2 Å². The van der Waals surface area contributed by atoms with E-state index in [1.165, 1.54) is 0 Å². The minimum atomic E-state index is -0.425. The lowest BCUT2D eigenvalue weighted by molar-refractivity contribution is -0.145. The van der Waals surface area contributed by atoms with Crippen LogP contribution in [0.5, 0.6) is 11.5 Å². The number of hydrazone groups is 1. The Morgan fingerprint density at radius 2 is 2.03 bits per heavy atom. The summed E-state index contributed by atoms with van der Waals surface area (Å²) in [6, 6.07) is 13.3. The van der Waals surface area contributed by atoms with Crippen molar-refractivity contribution in [3.63, 3.8) is 0 Å². The Hall–Kier alpha value is -3.13. The molecule has 0 radical (unpaired) electrons. The molecule has 0 aliphatic carbocycles. The minimum absolute atomic E-state index is 0.159. The van der Waals surface area contributed by atoms with E-state index in [-0.39, 0.29) is 6.61 Å². The Kier molecular flexibility index (Phi) is 7.12. The normalized spacial score (nSPS) is 15.4. The molecule has 0 bridgehead atoms. The molecule has 1 heterocycles. The fourth-order valence-electron chi connectivity index (χ4n) is 3.17. The van der Waals surface area contributed by atoms with E-state index in [9.17, 15) is 4.79 Å². The molecule has 0 saturated heterocycles. The Morgan fingerprint density at radius 1 is 1.26 bits per heavy atom. The van der Waals surface area contributed by atoms with Crippen LogP contribution in [0.25, 0.3) is 0 Å². The second kappa shape index (κ2) is 9.78. The van der Waals surface area contributed by atoms with E-state index >= 15 is 0 Å². The smallest absolute Gasteiger partial charge is 0.344 e. The van der Waals surface area contributed by atoms with Crippen LogP contribution in [-0.2, 0) is 9.53 Å². The third-order valence-corrected chi connectivity index (χ3v) is 4.78. The number of hydrogen-bond donors (Lipinski definition) is 2. The van der Waals surface area contributed by atoms with Gasteiger partial charge in [0.1, 0.15) is 17.1 Å². The van der Waals surface area contributed by atoms with Crippen LogP contribution in [0.4, 0.5) is 5.69 Å². The highest BCUT2D eigenvalue weighted by Gasteiger charge is 2.31. The summed E-state index contributed by atoms with van der Waals surface area (Å²) in [5.41, 5.74) is 6.07. The van der Waals surface area contributed by atoms with Crippen molar-refractivity contribution in [1.82, 2.24) is 5.43 Å². The number of fused-ring (bicyclic) bond motifs is 1. The molecule has 0 amide bonds. The number of carbonyl (C=O) groups excluding carboxylic acids is 1. The molecule has 0 aromatic heterocycles. The molecular formula is C23H27N3O4S. The maximum atomic E-state index is 11.6. The van der Waals surface area contributed by atoms with Gasteiger partial charge in [-0.15, -0.1) is 0 Å². The molecule has 0 spiro atoms. The quantitative estimate of drug-likeness (QED) is 0.395. The van der Waals surface area contributed by atoms with Gasteiger partial charge in [0.15, 0.2) is 11.7 Å². The first kappa shape index (κ1) is 22.6. The summed E-state index contributed by atoms with van der Waals surface area (Å²) < 4.78 is 16.5. The number of thiocarbonyl (C=S) groups is 1. The lowest BCUT2D eigenvalue weighted by atomic mass is 9.92. The average molecular weight is 442 g/mol. The third-order valence-electron chi connectivity index (χ3n) is 4.59. The van der Waals surface area contributed by atoms with Crippen molar-refractivity contribution < 1.29 is 19.0 Å². The number of nitrogens with one attached hydrogen (secondary N) is 2. The highest BCUT2D eigenvalue weighted by atomic mass is 32.1. The highest BCUT2D eigenvalue weighted by Crippen LogP contribution is 2.35. The Labute approximate surface area is 187 Å². The standard InChI is InChI=1S/C23H27N3O4S/c1-5-28-21(27)14-29-16-10-11-20-17(12-16)19(13-23(3,4)30-20)25-26-22(31)24-18-9-7-6-8-15(18)2/h6-12H,5,13-14H2,1-4H3,(H2,24,26,31)/b25-19+. The summed E-state index contributed by atoms with van der Waals surface area (Å²) in [6.07, 6.45) is 0.571. The summed E-state index contributed by atoms with van der Waals surface area (Å²) in [5, 5.41) is 8.10. The highest BCUT2D eigenvalue weighted by molar-refractivity contribution is 7.80. The lowest BCUT2D eigenvalue weighted by Crippen LogP contribution is -2.37. The number of anilines is 1. The second-order valence-electron chi connectivity index (χ2n) is 7.73. The largest absolute Gasteiger partial charge is 0.487 e. The number of rotatable bonds is 6. The molecule has 2 N–H and O–H groups in total. The number of para-hydroxylation sites is 1. The Bertz CT molecular complexity index is 1000. The first-order valence-corrected chi connectivity index (χ1v) is 10.5. The van der Waals surface area contributed by atoms with E-state index in [0.717, 1.165) is 22.5 Å². The molecule has 164 valence electrons. The number of benzene rings is 2.